The third-order valence-electron chi connectivity index (χ3n) is 1.59. The van der Waals surface area contributed by atoms with Gasteiger partial charge in [0.25, 0.3) is 0 Å². The van der Waals surface area contributed by atoms with Crippen LogP contribution in [0.5, 0.6) is 0 Å². The van der Waals surface area contributed by atoms with Crippen LogP contribution in [0.4, 0.5) is 0 Å². The van der Waals surface area contributed by atoms with Crippen LogP contribution in [0.3, 0.4) is 0 Å². The van der Waals surface area contributed by atoms with Gasteiger partial charge in [0.05, 0.1) is 13.2 Å². The molecule has 0 rings (SSSR count). The molecule has 0 aliphatic heterocycles. The van der Waals surface area contributed by atoms with Crippen LogP contribution in [-0.4, -0.2) is 32.9 Å². The summed E-state index contributed by atoms with van der Waals surface area (Å²) in [5, 5.41) is 0. The molecule has 0 radical (unpaired) electrons. The summed E-state index contributed by atoms with van der Waals surface area (Å²) >= 11 is 0. The fourth-order valence-electron chi connectivity index (χ4n) is 0.752. The van der Waals surface area contributed by atoms with Crippen LogP contribution in [0.15, 0.2) is 12.2 Å². The molecule has 0 saturated carbocycles. The van der Waals surface area contributed by atoms with E-state index in [1.165, 1.54) is 14.0 Å². The van der Waals surface area contributed by atoms with Crippen molar-refractivity contribution in [3.63, 3.8) is 0 Å². The summed E-state index contributed by atoms with van der Waals surface area (Å²) in [4.78, 5) is 11.0. The van der Waals surface area contributed by atoms with Crippen molar-refractivity contribution in [1.29, 1.82) is 0 Å². The summed E-state index contributed by atoms with van der Waals surface area (Å²) in [6.07, 6.45) is 0.696. The van der Waals surface area contributed by atoms with Crippen LogP contribution < -0.4 is 0 Å². The summed E-state index contributed by atoms with van der Waals surface area (Å²) in [6, 6.07) is 0. The molecule has 0 N–H and O–H groups in total. The van der Waals surface area contributed by atoms with E-state index in [0.717, 1.165) is 0 Å². The number of ether oxygens (including phenoxy) is 1. The minimum absolute atomic E-state index is 0.0332. The van der Waals surface area contributed by atoms with Gasteiger partial charge in [-0.25, -0.2) is 9.36 Å². The average molecular weight is 266 g/mol. The second-order valence-electron chi connectivity index (χ2n) is 3.21. The zero-order chi connectivity index (χ0) is 13.3. The number of phosphoric ester groups is 1. The highest BCUT2D eigenvalue weighted by atomic mass is 31.2. The Hall–Kier alpha value is -0.680. The lowest BCUT2D eigenvalue weighted by Gasteiger charge is -2.15. The highest BCUT2D eigenvalue weighted by molar-refractivity contribution is 7.48. The number of carbonyl (C=O) groups is 1. The third kappa shape index (κ3) is 7.28. The maximum atomic E-state index is 11.7. The third-order valence-corrected chi connectivity index (χ3v) is 3.04. The molecule has 0 aliphatic carbocycles. The Balaban J connectivity index is 3.88. The first-order chi connectivity index (χ1) is 7.95. The van der Waals surface area contributed by atoms with E-state index in [4.69, 9.17) is 13.8 Å². The van der Waals surface area contributed by atoms with Gasteiger partial charge in [-0.15, -0.1) is 0 Å². The van der Waals surface area contributed by atoms with Crippen molar-refractivity contribution in [2.24, 2.45) is 0 Å². The fraction of sp³-hybridized carbons (Fsp3) is 0.700. The summed E-state index contributed by atoms with van der Waals surface area (Å²) in [5.41, 5.74) is 0.294. The van der Waals surface area contributed by atoms with E-state index in [2.05, 4.69) is 11.1 Å². The summed E-state index contributed by atoms with van der Waals surface area (Å²) in [7, 11) is -2.28. The largest absolute Gasteiger partial charge is 0.474 e. The molecule has 100 valence electrons. The fourth-order valence-corrected chi connectivity index (χ4v) is 1.74. The number of hydrogen-bond donors (Lipinski definition) is 0. The van der Waals surface area contributed by atoms with Crippen LogP contribution in [0.25, 0.3) is 0 Å². The van der Waals surface area contributed by atoms with Gasteiger partial charge in [-0.3, -0.25) is 13.6 Å². The topological polar surface area (TPSA) is 71.1 Å². The second kappa shape index (κ2) is 8.42. The van der Waals surface area contributed by atoms with Gasteiger partial charge in [-0.1, -0.05) is 13.5 Å². The van der Waals surface area contributed by atoms with Crippen LogP contribution in [0.2, 0.25) is 0 Å². The highest BCUT2D eigenvalue weighted by Gasteiger charge is 2.24. The first kappa shape index (κ1) is 16.3. The van der Waals surface area contributed by atoms with E-state index in [-0.39, 0.29) is 19.8 Å². The lowest BCUT2D eigenvalue weighted by atomic mass is 10.4. The van der Waals surface area contributed by atoms with Crippen molar-refractivity contribution in [1.82, 2.24) is 0 Å². The van der Waals surface area contributed by atoms with Crippen LogP contribution in [0, 0.1) is 0 Å². The molecule has 0 saturated heterocycles. The normalized spacial score (nSPS) is 14.1. The van der Waals surface area contributed by atoms with Crippen LogP contribution >= 0.6 is 7.82 Å². The molecule has 0 aromatic heterocycles. The molecule has 7 heteroatoms. The van der Waals surface area contributed by atoms with Crippen molar-refractivity contribution in [2.45, 2.75) is 20.3 Å². The van der Waals surface area contributed by atoms with E-state index in [1.807, 2.05) is 6.92 Å². The Morgan fingerprint density at radius 3 is 2.29 bits per heavy atom. The quantitative estimate of drug-likeness (QED) is 0.276. The lowest BCUT2D eigenvalue weighted by molar-refractivity contribution is -0.139. The minimum atomic E-state index is -3.51. The molecule has 1 unspecified atom stereocenters. The van der Waals surface area contributed by atoms with Crippen LogP contribution in [0.1, 0.15) is 20.3 Å². The molecule has 17 heavy (non-hydrogen) atoms. The Morgan fingerprint density at radius 1 is 1.24 bits per heavy atom. The molecular formula is C10H19O6P. The maximum Gasteiger partial charge on any atom is 0.474 e. The summed E-state index contributed by atoms with van der Waals surface area (Å²) in [5.74, 6) is -0.518. The molecule has 0 bridgehead atoms. The van der Waals surface area contributed by atoms with E-state index in [0.29, 0.717) is 12.0 Å². The maximum absolute atomic E-state index is 11.7. The van der Waals surface area contributed by atoms with Gasteiger partial charge in [0.15, 0.2) is 0 Å². The smallest absolute Gasteiger partial charge is 0.460 e. The molecule has 0 spiro atoms. The standard InChI is InChI=1S/C10H19O6P/c1-5-6-15-17(12,13-4)16-8-7-14-10(11)9(2)3/h2,5-8H2,1,3-4H3. The zero-order valence-electron chi connectivity index (χ0n) is 10.4. The number of esters is 1. The molecular weight excluding hydrogens is 247 g/mol. The number of carbonyl (C=O) groups excluding carboxylic acids is 1. The summed E-state index contributed by atoms with van der Waals surface area (Å²) in [6.45, 7) is 7.00. The zero-order valence-corrected chi connectivity index (χ0v) is 11.3. The molecule has 0 fully saturated rings. The van der Waals surface area contributed by atoms with Gasteiger partial charge in [0.2, 0.25) is 0 Å². The molecule has 1 atom stereocenters. The molecule has 6 nitrogen and oxygen atoms in total. The summed E-state index contributed by atoms with van der Waals surface area (Å²) < 4.78 is 30.9. The SMILES string of the molecule is C=C(C)C(=O)OCCOP(=O)(OC)OCCC. The molecule has 0 aromatic rings. The van der Waals surface area contributed by atoms with Crippen molar-refractivity contribution in [3.8, 4) is 0 Å². The number of phosphoric acid groups is 1. The van der Waals surface area contributed by atoms with E-state index in [9.17, 15) is 9.36 Å². The first-order valence-electron chi connectivity index (χ1n) is 5.22. The van der Waals surface area contributed by atoms with Gasteiger partial charge in [-0.05, 0) is 13.3 Å². The highest BCUT2D eigenvalue weighted by Crippen LogP contribution is 2.48. The van der Waals surface area contributed by atoms with Crippen molar-refractivity contribution < 1.29 is 27.7 Å². The predicted octanol–water partition coefficient (Wildman–Crippen LogP) is 2.30. The second-order valence-corrected chi connectivity index (χ2v) is 4.99. The van der Waals surface area contributed by atoms with Gasteiger partial charge in [-0.2, -0.15) is 0 Å². The van der Waals surface area contributed by atoms with Gasteiger partial charge < -0.3 is 4.74 Å². The first-order valence-corrected chi connectivity index (χ1v) is 6.68. The Kier molecular flexibility index (Phi) is 8.08. The predicted molar refractivity (Wildman–Crippen MR) is 62.6 cm³/mol. The Morgan fingerprint density at radius 2 is 1.82 bits per heavy atom. The lowest BCUT2D eigenvalue weighted by Crippen LogP contribution is -2.11. The van der Waals surface area contributed by atoms with Crippen molar-refractivity contribution in [2.75, 3.05) is 26.9 Å². The molecule has 0 aliphatic rings. The monoisotopic (exact) mass is 266 g/mol. The number of hydrogen-bond acceptors (Lipinski definition) is 6. The Labute approximate surface area is 101 Å². The van der Waals surface area contributed by atoms with Gasteiger partial charge in [0.1, 0.15) is 6.61 Å². The van der Waals surface area contributed by atoms with Crippen LogP contribution in [-0.2, 0) is 27.7 Å². The number of rotatable bonds is 9. The van der Waals surface area contributed by atoms with Gasteiger partial charge in [0, 0.05) is 12.7 Å². The van der Waals surface area contributed by atoms with Crippen molar-refractivity contribution in [3.05, 3.63) is 12.2 Å². The average Bonchev–Trinajstić information content (AvgIpc) is 2.31. The molecule has 0 aromatic carbocycles. The van der Waals surface area contributed by atoms with E-state index < -0.39 is 13.8 Å². The van der Waals surface area contributed by atoms with E-state index >= 15 is 0 Å². The van der Waals surface area contributed by atoms with E-state index in [1.54, 1.807) is 0 Å². The molecule has 0 amide bonds. The minimum Gasteiger partial charge on any atom is -0.460 e. The van der Waals surface area contributed by atoms with Gasteiger partial charge >= 0.3 is 13.8 Å². The Bertz CT molecular complexity index is 301. The van der Waals surface area contributed by atoms with Crippen molar-refractivity contribution >= 4 is 13.8 Å². The molecule has 0 heterocycles.